The molecule has 0 unspecified atom stereocenters. The molecular weight excluding hydrogens is 336 g/mol. The third-order valence-corrected chi connectivity index (χ3v) is 4.92. The van der Waals surface area contributed by atoms with E-state index in [9.17, 15) is 9.59 Å². The number of fused-ring (bicyclic) bond motifs is 1. The van der Waals surface area contributed by atoms with E-state index in [4.69, 9.17) is 4.74 Å². The normalized spacial score (nSPS) is 10.8. The fourth-order valence-corrected chi connectivity index (χ4v) is 3.58. The highest BCUT2D eigenvalue weighted by Gasteiger charge is 2.13. The van der Waals surface area contributed by atoms with Crippen LogP contribution < -0.4 is 5.56 Å². The predicted molar refractivity (Wildman–Crippen MR) is 99.0 cm³/mol. The number of carbonyl (C=O) groups excluding carboxylic acids is 1. The van der Waals surface area contributed by atoms with Gasteiger partial charge in [0.15, 0.2) is 5.16 Å². The smallest absolute Gasteiger partial charge is 0.337 e. The second-order valence-corrected chi connectivity index (χ2v) is 6.38. The first kappa shape index (κ1) is 17.2. The number of esters is 1. The fraction of sp³-hybridized carbons (Fsp3) is 0.211. The van der Waals surface area contributed by atoms with E-state index in [1.165, 1.54) is 18.9 Å². The maximum Gasteiger partial charge on any atom is 0.337 e. The zero-order valence-corrected chi connectivity index (χ0v) is 14.9. The molecular formula is C19H18N2O3S. The Kier molecular flexibility index (Phi) is 5.19. The van der Waals surface area contributed by atoms with E-state index in [0.29, 0.717) is 28.2 Å². The van der Waals surface area contributed by atoms with Crippen LogP contribution in [0.5, 0.6) is 0 Å². The average molecular weight is 354 g/mol. The molecule has 25 heavy (non-hydrogen) atoms. The van der Waals surface area contributed by atoms with Gasteiger partial charge in [0, 0.05) is 12.3 Å². The van der Waals surface area contributed by atoms with Crippen LogP contribution in [0.25, 0.3) is 10.9 Å². The van der Waals surface area contributed by atoms with Crippen molar-refractivity contribution < 1.29 is 9.53 Å². The summed E-state index contributed by atoms with van der Waals surface area (Å²) in [6.07, 6.45) is 0. The first-order valence-electron chi connectivity index (χ1n) is 7.93. The number of thioether (sulfide) groups is 1. The van der Waals surface area contributed by atoms with Gasteiger partial charge in [0.1, 0.15) is 0 Å². The highest BCUT2D eigenvalue weighted by molar-refractivity contribution is 7.98. The van der Waals surface area contributed by atoms with Gasteiger partial charge in [-0.1, -0.05) is 42.1 Å². The van der Waals surface area contributed by atoms with Crippen molar-refractivity contribution in [1.29, 1.82) is 0 Å². The molecule has 0 bridgehead atoms. The number of nitrogens with zero attached hydrogens (tertiary/aromatic N) is 2. The van der Waals surface area contributed by atoms with Crippen molar-refractivity contribution in [3.63, 3.8) is 0 Å². The first-order chi connectivity index (χ1) is 12.1. The monoisotopic (exact) mass is 354 g/mol. The highest BCUT2D eigenvalue weighted by Crippen LogP contribution is 2.22. The molecule has 0 saturated heterocycles. The van der Waals surface area contributed by atoms with E-state index in [-0.39, 0.29) is 5.56 Å². The van der Waals surface area contributed by atoms with E-state index in [1.54, 1.807) is 22.8 Å². The molecule has 1 aromatic heterocycles. The number of aromatic nitrogens is 2. The van der Waals surface area contributed by atoms with Gasteiger partial charge in [-0.2, -0.15) is 0 Å². The molecule has 0 aliphatic heterocycles. The first-order valence-corrected chi connectivity index (χ1v) is 8.92. The topological polar surface area (TPSA) is 61.2 Å². The van der Waals surface area contributed by atoms with Crippen LogP contribution >= 0.6 is 11.8 Å². The number of ether oxygens (including phenoxy) is 1. The lowest BCUT2D eigenvalue weighted by Crippen LogP contribution is -2.22. The summed E-state index contributed by atoms with van der Waals surface area (Å²) in [4.78, 5) is 29.1. The second kappa shape index (κ2) is 7.53. The lowest BCUT2D eigenvalue weighted by Gasteiger charge is -2.11. The highest BCUT2D eigenvalue weighted by atomic mass is 32.2. The van der Waals surface area contributed by atoms with Crippen molar-refractivity contribution in [1.82, 2.24) is 9.55 Å². The van der Waals surface area contributed by atoms with E-state index in [1.807, 2.05) is 37.3 Å². The molecule has 3 aromatic rings. The van der Waals surface area contributed by atoms with E-state index in [2.05, 4.69) is 4.98 Å². The van der Waals surface area contributed by atoms with Crippen molar-refractivity contribution in [3.05, 3.63) is 70.0 Å². The number of rotatable bonds is 5. The van der Waals surface area contributed by atoms with Gasteiger partial charge in [0.2, 0.25) is 0 Å². The van der Waals surface area contributed by atoms with E-state index in [0.717, 1.165) is 11.3 Å². The van der Waals surface area contributed by atoms with Crippen molar-refractivity contribution in [3.8, 4) is 0 Å². The molecule has 3 rings (SSSR count). The maximum atomic E-state index is 12.7. The molecule has 2 aromatic carbocycles. The van der Waals surface area contributed by atoms with Crippen LogP contribution in [-0.2, 0) is 17.0 Å². The molecule has 5 nitrogen and oxygen atoms in total. The average Bonchev–Trinajstić information content (AvgIpc) is 2.66. The largest absolute Gasteiger partial charge is 0.465 e. The molecule has 0 atom stereocenters. The standard InChI is InChI=1S/C19H18N2O3S/c1-3-21-17(22)15-10-9-14(18(23)24-2)11-16(15)20-19(21)25-12-13-7-5-4-6-8-13/h4-11H,3,12H2,1-2H3. The van der Waals surface area contributed by atoms with Crippen LogP contribution in [0, 0.1) is 0 Å². The maximum absolute atomic E-state index is 12.7. The van der Waals surface area contributed by atoms with Crippen LogP contribution in [0.3, 0.4) is 0 Å². The zero-order valence-electron chi connectivity index (χ0n) is 14.1. The summed E-state index contributed by atoms with van der Waals surface area (Å²) in [7, 11) is 1.33. The van der Waals surface area contributed by atoms with E-state index >= 15 is 0 Å². The van der Waals surface area contributed by atoms with Crippen molar-refractivity contribution in [2.45, 2.75) is 24.4 Å². The lowest BCUT2D eigenvalue weighted by atomic mass is 10.1. The molecule has 6 heteroatoms. The Bertz CT molecular complexity index is 968. The van der Waals surface area contributed by atoms with Crippen LogP contribution in [0.4, 0.5) is 0 Å². The summed E-state index contributed by atoms with van der Waals surface area (Å²) in [5, 5.41) is 1.14. The summed E-state index contributed by atoms with van der Waals surface area (Å²) in [6, 6.07) is 14.9. The number of carbonyl (C=O) groups is 1. The number of methoxy groups -OCH3 is 1. The number of hydrogen-bond acceptors (Lipinski definition) is 5. The van der Waals surface area contributed by atoms with Crippen LogP contribution in [0.1, 0.15) is 22.8 Å². The summed E-state index contributed by atoms with van der Waals surface area (Å²) >= 11 is 1.51. The molecule has 0 aliphatic rings. The molecule has 1 heterocycles. The SMILES string of the molecule is CCn1c(SCc2ccccc2)nc2cc(C(=O)OC)ccc2c1=O. The van der Waals surface area contributed by atoms with Crippen LogP contribution in [-0.4, -0.2) is 22.6 Å². The van der Waals surface area contributed by atoms with Gasteiger partial charge in [-0.3, -0.25) is 9.36 Å². The van der Waals surface area contributed by atoms with Gasteiger partial charge in [-0.25, -0.2) is 9.78 Å². The fourth-order valence-electron chi connectivity index (χ4n) is 2.56. The molecule has 0 aliphatic carbocycles. The Labute approximate surface area is 149 Å². The lowest BCUT2D eigenvalue weighted by molar-refractivity contribution is 0.0601. The third-order valence-electron chi connectivity index (χ3n) is 3.87. The number of benzene rings is 2. The Hall–Kier alpha value is -2.60. The van der Waals surface area contributed by atoms with Crippen LogP contribution in [0.15, 0.2) is 58.5 Å². The minimum Gasteiger partial charge on any atom is -0.465 e. The number of hydrogen-bond donors (Lipinski definition) is 0. The van der Waals surface area contributed by atoms with Gasteiger partial charge in [0.05, 0.1) is 23.6 Å². The molecule has 0 amide bonds. The van der Waals surface area contributed by atoms with Crippen molar-refractivity contribution >= 4 is 28.6 Å². The Morgan fingerprint density at radius 1 is 1.20 bits per heavy atom. The molecule has 0 radical (unpaired) electrons. The molecule has 0 saturated carbocycles. The molecule has 0 N–H and O–H groups in total. The predicted octanol–water partition coefficient (Wildman–Crippen LogP) is 3.50. The molecule has 0 spiro atoms. The quantitative estimate of drug-likeness (QED) is 0.399. The van der Waals surface area contributed by atoms with Gasteiger partial charge in [-0.05, 0) is 30.7 Å². The summed E-state index contributed by atoms with van der Waals surface area (Å²) < 4.78 is 6.40. The molecule has 128 valence electrons. The van der Waals surface area contributed by atoms with Crippen molar-refractivity contribution in [2.24, 2.45) is 0 Å². The van der Waals surface area contributed by atoms with E-state index < -0.39 is 5.97 Å². The minimum absolute atomic E-state index is 0.0977. The van der Waals surface area contributed by atoms with Crippen molar-refractivity contribution in [2.75, 3.05) is 7.11 Å². The molecule has 0 fully saturated rings. The van der Waals surface area contributed by atoms with Gasteiger partial charge >= 0.3 is 5.97 Å². The van der Waals surface area contributed by atoms with Gasteiger partial charge < -0.3 is 4.74 Å². The Morgan fingerprint density at radius 3 is 2.64 bits per heavy atom. The summed E-state index contributed by atoms with van der Waals surface area (Å²) in [6.45, 7) is 2.46. The summed E-state index contributed by atoms with van der Waals surface area (Å²) in [5.74, 6) is 0.275. The summed E-state index contributed by atoms with van der Waals surface area (Å²) in [5.41, 5.74) is 1.95. The van der Waals surface area contributed by atoms with Gasteiger partial charge in [0.25, 0.3) is 5.56 Å². The Balaban J connectivity index is 2.03. The zero-order chi connectivity index (χ0) is 17.8. The van der Waals surface area contributed by atoms with Gasteiger partial charge in [-0.15, -0.1) is 0 Å². The third kappa shape index (κ3) is 3.58. The second-order valence-electron chi connectivity index (χ2n) is 5.44. The minimum atomic E-state index is -0.443. The van der Waals surface area contributed by atoms with Crippen LogP contribution in [0.2, 0.25) is 0 Å². The Morgan fingerprint density at radius 2 is 1.96 bits per heavy atom.